The summed E-state index contributed by atoms with van der Waals surface area (Å²) in [5.74, 6) is -0.283. The van der Waals surface area contributed by atoms with Crippen molar-refractivity contribution in [2.75, 3.05) is 0 Å². The minimum absolute atomic E-state index is 0.110. The number of carbonyl (C=O) groups is 2. The van der Waals surface area contributed by atoms with Gasteiger partial charge in [-0.3, -0.25) is 15.0 Å². The van der Waals surface area contributed by atoms with Gasteiger partial charge < -0.3 is 0 Å². The second kappa shape index (κ2) is 4.80. The van der Waals surface area contributed by atoms with Crippen LogP contribution in [0.25, 0.3) is 0 Å². The molecule has 1 heterocycles. The van der Waals surface area contributed by atoms with Gasteiger partial charge in [-0.25, -0.2) is 5.01 Å². The smallest absolute Gasteiger partial charge is 0.257 e. The van der Waals surface area contributed by atoms with Crippen molar-refractivity contribution in [2.45, 2.75) is 33.2 Å². The molecule has 0 saturated carbocycles. The first-order chi connectivity index (χ1) is 8.64. The van der Waals surface area contributed by atoms with E-state index in [1.165, 1.54) is 5.01 Å². The summed E-state index contributed by atoms with van der Waals surface area (Å²) in [6, 6.07) is 9.65. The van der Waals surface area contributed by atoms with E-state index in [1.807, 2.05) is 44.2 Å². The molecule has 1 aromatic carbocycles. The number of benzene rings is 1. The number of hydrogen-bond donors (Lipinski definition) is 1. The highest BCUT2D eigenvalue weighted by Gasteiger charge is 2.51. The van der Waals surface area contributed by atoms with Gasteiger partial charge in [0, 0.05) is 0 Å². The normalized spacial score (nSPS) is 18.0. The maximum absolute atomic E-state index is 12.3. The molecule has 1 saturated heterocycles. The van der Waals surface area contributed by atoms with E-state index in [-0.39, 0.29) is 11.8 Å². The first kappa shape index (κ1) is 12.6. The summed E-state index contributed by atoms with van der Waals surface area (Å²) in [5, 5.41) is 1.44. The number of rotatable bonds is 4. The molecule has 4 nitrogen and oxygen atoms in total. The van der Waals surface area contributed by atoms with Crippen LogP contribution in [0.2, 0.25) is 0 Å². The quantitative estimate of drug-likeness (QED) is 0.824. The summed E-state index contributed by atoms with van der Waals surface area (Å²) >= 11 is 0. The van der Waals surface area contributed by atoms with Crippen molar-refractivity contribution in [3.63, 3.8) is 0 Å². The van der Waals surface area contributed by atoms with Crippen molar-refractivity contribution in [1.29, 1.82) is 0 Å². The molecule has 2 amide bonds. The fourth-order valence-electron chi connectivity index (χ4n) is 2.39. The van der Waals surface area contributed by atoms with E-state index in [9.17, 15) is 9.59 Å². The topological polar surface area (TPSA) is 49.4 Å². The maximum atomic E-state index is 12.3. The molecule has 96 valence electrons. The van der Waals surface area contributed by atoms with Crippen LogP contribution in [0.4, 0.5) is 0 Å². The molecule has 1 N–H and O–H groups in total. The molecule has 0 unspecified atom stereocenters. The second-order valence-corrected chi connectivity index (χ2v) is 4.61. The first-order valence-electron chi connectivity index (χ1n) is 6.31. The molecule has 0 spiro atoms. The van der Waals surface area contributed by atoms with Gasteiger partial charge in [0.05, 0.1) is 6.54 Å². The standard InChI is InChI=1S/C14H18N2O2/c1-3-14(4-2)12(17)15-16(13(14)18)10-11-8-6-5-7-9-11/h5-9H,3-4,10H2,1-2H3,(H,15,17). The molecule has 0 atom stereocenters. The van der Waals surface area contributed by atoms with E-state index in [2.05, 4.69) is 5.43 Å². The SMILES string of the molecule is CCC1(CC)C(=O)NN(Cc2ccccc2)C1=O. The van der Waals surface area contributed by atoms with Crippen LogP contribution < -0.4 is 5.43 Å². The van der Waals surface area contributed by atoms with Crippen LogP contribution in [-0.4, -0.2) is 16.8 Å². The highest BCUT2D eigenvalue weighted by molar-refractivity contribution is 6.09. The van der Waals surface area contributed by atoms with E-state index >= 15 is 0 Å². The van der Waals surface area contributed by atoms with Crippen molar-refractivity contribution in [2.24, 2.45) is 5.41 Å². The number of carbonyl (C=O) groups excluding carboxylic acids is 2. The summed E-state index contributed by atoms with van der Waals surface area (Å²) in [6.45, 7) is 4.19. The summed E-state index contributed by atoms with van der Waals surface area (Å²) in [4.78, 5) is 24.3. The van der Waals surface area contributed by atoms with Crippen LogP contribution in [0.1, 0.15) is 32.3 Å². The summed E-state index contributed by atoms with van der Waals surface area (Å²) in [5.41, 5.74) is 2.83. The molecule has 1 aliphatic rings. The second-order valence-electron chi connectivity index (χ2n) is 4.61. The van der Waals surface area contributed by atoms with Gasteiger partial charge in [-0.05, 0) is 18.4 Å². The lowest BCUT2D eigenvalue weighted by Crippen LogP contribution is -2.36. The monoisotopic (exact) mass is 246 g/mol. The Bertz CT molecular complexity index is 452. The molecule has 0 radical (unpaired) electrons. The van der Waals surface area contributed by atoms with Gasteiger partial charge in [-0.1, -0.05) is 44.2 Å². The lowest BCUT2D eigenvalue weighted by Gasteiger charge is -2.20. The lowest BCUT2D eigenvalue weighted by atomic mass is 9.82. The fourth-order valence-corrected chi connectivity index (χ4v) is 2.39. The summed E-state index contributed by atoms with van der Waals surface area (Å²) in [6.07, 6.45) is 1.08. The maximum Gasteiger partial charge on any atom is 0.257 e. The van der Waals surface area contributed by atoms with Gasteiger partial charge in [0.1, 0.15) is 5.41 Å². The Hall–Kier alpha value is -1.84. The van der Waals surface area contributed by atoms with Crippen molar-refractivity contribution < 1.29 is 9.59 Å². The van der Waals surface area contributed by atoms with Gasteiger partial charge in [-0.2, -0.15) is 0 Å². The van der Waals surface area contributed by atoms with Gasteiger partial charge in [0.25, 0.3) is 11.8 Å². The number of hydrazine groups is 1. The Morgan fingerprint density at radius 3 is 2.22 bits per heavy atom. The zero-order valence-electron chi connectivity index (χ0n) is 10.8. The predicted octanol–water partition coefficient (Wildman–Crippen LogP) is 1.87. The molecule has 2 rings (SSSR count). The van der Waals surface area contributed by atoms with Gasteiger partial charge in [-0.15, -0.1) is 0 Å². The van der Waals surface area contributed by atoms with Crippen LogP contribution in [0.3, 0.4) is 0 Å². The zero-order valence-corrected chi connectivity index (χ0v) is 10.8. The summed E-state index contributed by atoms with van der Waals surface area (Å²) in [7, 11) is 0. The van der Waals surface area contributed by atoms with Crippen LogP contribution in [-0.2, 0) is 16.1 Å². The number of hydrogen-bond acceptors (Lipinski definition) is 2. The van der Waals surface area contributed by atoms with Crippen LogP contribution >= 0.6 is 0 Å². The Morgan fingerprint density at radius 1 is 1.11 bits per heavy atom. The molecule has 1 aliphatic heterocycles. The van der Waals surface area contributed by atoms with E-state index in [0.717, 1.165) is 5.56 Å². The van der Waals surface area contributed by atoms with Crippen molar-refractivity contribution >= 4 is 11.8 Å². The highest BCUT2D eigenvalue weighted by atomic mass is 16.2. The van der Waals surface area contributed by atoms with Gasteiger partial charge in [0.2, 0.25) is 0 Å². The third kappa shape index (κ3) is 1.88. The van der Waals surface area contributed by atoms with Crippen LogP contribution in [0.15, 0.2) is 30.3 Å². The molecule has 4 heteroatoms. The molecule has 1 fully saturated rings. The van der Waals surface area contributed by atoms with Crippen LogP contribution in [0.5, 0.6) is 0 Å². The number of amides is 2. The van der Waals surface area contributed by atoms with E-state index in [4.69, 9.17) is 0 Å². The highest BCUT2D eigenvalue weighted by Crippen LogP contribution is 2.33. The first-order valence-corrected chi connectivity index (χ1v) is 6.31. The third-order valence-electron chi connectivity index (χ3n) is 3.72. The van der Waals surface area contributed by atoms with E-state index < -0.39 is 5.41 Å². The number of nitrogens with one attached hydrogen (secondary N) is 1. The summed E-state index contributed by atoms with van der Waals surface area (Å²) < 4.78 is 0. The van der Waals surface area contributed by atoms with Crippen LogP contribution in [0, 0.1) is 5.41 Å². The van der Waals surface area contributed by atoms with Gasteiger partial charge in [0.15, 0.2) is 0 Å². The van der Waals surface area contributed by atoms with Crippen molar-refractivity contribution in [1.82, 2.24) is 10.4 Å². The molecule has 0 aromatic heterocycles. The predicted molar refractivity (Wildman–Crippen MR) is 68.1 cm³/mol. The molecule has 0 bridgehead atoms. The molecular weight excluding hydrogens is 228 g/mol. The Morgan fingerprint density at radius 2 is 1.72 bits per heavy atom. The fraction of sp³-hybridized carbons (Fsp3) is 0.429. The van der Waals surface area contributed by atoms with Gasteiger partial charge >= 0.3 is 0 Å². The minimum Gasteiger partial charge on any atom is -0.272 e. The minimum atomic E-state index is -0.866. The Labute approximate surface area is 107 Å². The Kier molecular flexibility index (Phi) is 3.36. The van der Waals surface area contributed by atoms with E-state index in [1.54, 1.807) is 0 Å². The lowest BCUT2D eigenvalue weighted by molar-refractivity contribution is -0.140. The average molecular weight is 246 g/mol. The third-order valence-corrected chi connectivity index (χ3v) is 3.72. The number of nitrogens with zero attached hydrogens (tertiary/aromatic N) is 1. The molecular formula is C14H18N2O2. The van der Waals surface area contributed by atoms with Crippen molar-refractivity contribution in [3.8, 4) is 0 Å². The van der Waals surface area contributed by atoms with Crippen molar-refractivity contribution in [3.05, 3.63) is 35.9 Å². The Balaban J connectivity index is 2.18. The molecule has 1 aromatic rings. The molecule has 0 aliphatic carbocycles. The molecule has 18 heavy (non-hydrogen) atoms. The largest absolute Gasteiger partial charge is 0.272 e. The average Bonchev–Trinajstić information content (AvgIpc) is 2.63. The zero-order chi connectivity index (χ0) is 13.2. The van der Waals surface area contributed by atoms with E-state index in [0.29, 0.717) is 19.4 Å².